The van der Waals surface area contributed by atoms with Crippen molar-refractivity contribution in [1.82, 2.24) is 15.5 Å². The molecule has 266 valence electrons. The van der Waals surface area contributed by atoms with Crippen LogP contribution in [-0.4, -0.2) is 62.2 Å². The van der Waals surface area contributed by atoms with Gasteiger partial charge < -0.3 is 25.0 Å². The Kier molecular flexibility index (Phi) is 10.9. The van der Waals surface area contributed by atoms with E-state index in [2.05, 4.69) is 10.6 Å². The maximum Gasteiger partial charge on any atom is 0.408 e. The lowest BCUT2D eigenvalue weighted by molar-refractivity contribution is -0.384. The number of β-lactam (4-membered cyclic amide) rings is 1. The molecule has 0 aromatic heterocycles. The normalized spacial score (nSPS) is 19.6. The summed E-state index contributed by atoms with van der Waals surface area (Å²) in [5.74, 6) is -2.24. The second-order valence-electron chi connectivity index (χ2n) is 12.2. The van der Waals surface area contributed by atoms with Crippen molar-refractivity contribution in [1.29, 1.82) is 0 Å². The number of carbonyl (C=O) groups is 5. The summed E-state index contributed by atoms with van der Waals surface area (Å²) in [6.45, 7) is 1.15. The Hall–Kier alpha value is -6.02. The number of fused-ring (bicyclic) bond motifs is 1. The molecular formula is C38H34N4O9S. The molecule has 2 aliphatic heterocycles. The quantitative estimate of drug-likeness (QED) is 0.0848. The molecule has 1 fully saturated rings. The van der Waals surface area contributed by atoms with Crippen LogP contribution in [0.1, 0.15) is 42.6 Å². The van der Waals surface area contributed by atoms with Crippen molar-refractivity contribution < 1.29 is 38.4 Å². The number of thioether (sulfide) groups is 1. The zero-order valence-corrected chi connectivity index (χ0v) is 28.7. The third-order valence-electron chi connectivity index (χ3n) is 8.70. The standard InChI is InChI=1S/C38H34N4O9S/c1-23(43)33-29(37(46)51-32(26-13-7-3-8-14-26)27-15-9-4-10-16-27)21-41-35(45)31(36(41)52-33)39-34(44)30(25-11-5-2-6-12-25)40-38(47)50-22-24-17-19-28(20-18-24)42(48)49/h2-5,7-10,12-21,30-33,36H,6,11,22H2,1H3,(H,39,44)(H,40,47)/t30?,31?,33?,36-/m1/s1. The fourth-order valence-electron chi connectivity index (χ4n) is 6.00. The molecule has 14 heteroatoms. The van der Waals surface area contributed by atoms with Gasteiger partial charge in [0.05, 0.1) is 15.7 Å². The van der Waals surface area contributed by atoms with Gasteiger partial charge in [-0.25, -0.2) is 9.59 Å². The minimum absolute atomic E-state index is 0.0122. The smallest absolute Gasteiger partial charge is 0.408 e. The van der Waals surface area contributed by atoms with Crippen LogP contribution < -0.4 is 10.6 Å². The number of ether oxygens (including phenoxy) is 2. The number of ketones is 1. The predicted octanol–water partition coefficient (Wildman–Crippen LogP) is 5.04. The highest BCUT2D eigenvalue weighted by Gasteiger charge is 2.54. The van der Waals surface area contributed by atoms with Gasteiger partial charge in [0.25, 0.3) is 11.6 Å². The molecule has 1 aliphatic carbocycles. The van der Waals surface area contributed by atoms with Gasteiger partial charge >= 0.3 is 12.1 Å². The first-order valence-electron chi connectivity index (χ1n) is 16.4. The summed E-state index contributed by atoms with van der Waals surface area (Å²) in [5, 5.41) is 14.6. The van der Waals surface area contributed by atoms with Gasteiger partial charge in [0.15, 0.2) is 6.10 Å². The predicted molar refractivity (Wildman–Crippen MR) is 190 cm³/mol. The Morgan fingerprint density at radius 3 is 2.19 bits per heavy atom. The number of carbonyl (C=O) groups excluding carboxylic acids is 5. The molecule has 2 heterocycles. The lowest BCUT2D eigenvalue weighted by Crippen LogP contribution is -2.70. The lowest BCUT2D eigenvalue weighted by atomic mass is 9.96. The van der Waals surface area contributed by atoms with E-state index in [0.29, 0.717) is 24.0 Å². The van der Waals surface area contributed by atoms with E-state index in [1.165, 1.54) is 42.3 Å². The maximum absolute atomic E-state index is 13.7. The van der Waals surface area contributed by atoms with Crippen LogP contribution in [0, 0.1) is 10.1 Å². The first-order chi connectivity index (χ1) is 25.1. The van der Waals surface area contributed by atoms with Gasteiger partial charge in [-0.3, -0.25) is 24.5 Å². The van der Waals surface area contributed by atoms with E-state index in [-0.39, 0.29) is 23.7 Å². The van der Waals surface area contributed by atoms with Crippen molar-refractivity contribution in [3.8, 4) is 0 Å². The highest BCUT2D eigenvalue weighted by molar-refractivity contribution is 8.01. The van der Waals surface area contributed by atoms with Crippen LogP contribution in [0.3, 0.4) is 0 Å². The number of benzene rings is 3. The average molecular weight is 723 g/mol. The van der Waals surface area contributed by atoms with Crippen molar-refractivity contribution in [2.45, 2.75) is 55.2 Å². The van der Waals surface area contributed by atoms with Crippen molar-refractivity contribution >= 4 is 47.1 Å². The van der Waals surface area contributed by atoms with Crippen LogP contribution in [0.15, 0.2) is 121 Å². The topological polar surface area (TPSA) is 174 Å². The molecule has 3 amide bonds. The number of nitro groups is 1. The molecule has 6 rings (SSSR count). The van der Waals surface area contributed by atoms with Gasteiger partial charge in [0.2, 0.25) is 5.91 Å². The third kappa shape index (κ3) is 7.97. The van der Waals surface area contributed by atoms with E-state index in [4.69, 9.17) is 9.47 Å². The van der Waals surface area contributed by atoms with Crippen LogP contribution in [-0.2, 0) is 35.3 Å². The van der Waals surface area contributed by atoms with E-state index in [1.807, 2.05) is 72.8 Å². The molecule has 3 aromatic carbocycles. The van der Waals surface area contributed by atoms with Gasteiger partial charge in [0.1, 0.15) is 29.8 Å². The highest BCUT2D eigenvalue weighted by atomic mass is 32.2. The van der Waals surface area contributed by atoms with Crippen molar-refractivity contribution in [2.75, 3.05) is 0 Å². The Labute approximate surface area is 302 Å². The Balaban J connectivity index is 1.14. The second-order valence-corrected chi connectivity index (χ2v) is 13.4. The van der Waals surface area contributed by atoms with E-state index in [1.54, 1.807) is 6.08 Å². The molecule has 2 N–H and O–H groups in total. The number of alkyl carbamates (subject to hydrolysis) is 1. The van der Waals surface area contributed by atoms with Crippen LogP contribution in [0.5, 0.6) is 0 Å². The van der Waals surface area contributed by atoms with Crippen molar-refractivity contribution in [3.63, 3.8) is 0 Å². The van der Waals surface area contributed by atoms with E-state index < -0.39 is 57.6 Å². The first kappa shape index (κ1) is 35.8. The fourth-order valence-corrected chi connectivity index (χ4v) is 7.42. The Morgan fingerprint density at radius 2 is 1.62 bits per heavy atom. The second kappa shape index (κ2) is 15.9. The SMILES string of the molecule is CC(=O)C1S[C@@H]2C(NC(=O)C(NC(=O)OCc3ccc([N+](=O)[O-])cc3)C3=CCC=CC3)C(=O)N2C=C1C(=O)OC(c1ccccc1)c1ccccc1. The molecule has 13 nitrogen and oxygen atoms in total. The van der Waals surface area contributed by atoms with E-state index >= 15 is 0 Å². The molecule has 1 saturated heterocycles. The number of Topliss-reactive ketones (excluding diaryl/α,β-unsaturated/α-hetero) is 1. The molecule has 3 aromatic rings. The number of non-ortho nitro benzene ring substituents is 1. The van der Waals surface area contributed by atoms with Gasteiger partial charge in [-0.2, -0.15) is 0 Å². The lowest BCUT2D eigenvalue weighted by Gasteiger charge is -2.49. The number of amides is 3. The monoisotopic (exact) mass is 722 g/mol. The first-order valence-corrected chi connectivity index (χ1v) is 17.4. The molecular weight excluding hydrogens is 689 g/mol. The summed E-state index contributed by atoms with van der Waals surface area (Å²) in [5.41, 5.74) is 2.45. The molecule has 52 heavy (non-hydrogen) atoms. The fraction of sp³-hybridized carbons (Fsp3) is 0.237. The van der Waals surface area contributed by atoms with Crippen molar-refractivity contribution in [2.24, 2.45) is 0 Å². The molecule has 0 bridgehead atoms. The van der Waals surface area contributed by atoms with Gasteiger partial charge in [-0.1, -0.05) is 78.9 Å². The largest absolute Gasteiger partial charge is 0.449 e. The maximum atomic E-state index is 13.7. The molecule has 4 atom stereocenters. The van der Waals surface area contributed by atoms with E-state index in [0.717, 1.165) is 22.9 Å². The molecule has 0 radical (unpaired) electrons. The van der Waals surface area contributed by atoms with Crippen LogP contribution in [0.4, 0.5) is 10.5 Å². The number of allylic oxidation sites excluding steroid dienone is 3. The summed E-state index contributed by atoms with van der Waals surface area (Å²) in [6.07, 6.45) is 6.13. The van der Waals surface area contributed by atoms with Crippen LogP contribution >= 0.6 is 11.8 Å². The molecule has 0 spiro atoms. The summed E-state index contributed by atoms with van der Waals surface area (Å²) in [7, 11) is 0. The number of hydrogen-bond donors (Lipinski definition) is 2. The summed E-state index contributed by atoms with van der Waals surface area (Å²) >= 11 is 1.06. The Morgan fingerprint density at radius 1 is 0.962 bits per heavy atom. The van der Waals surface area contributed by atoms with Crippen molar-refractivity contribution in [3.05, 3.63) is 147 Å². The molecule has 3 aliphatic rings. The third-order valence-corrected chi connectivity index (χ3v) is 10.3. The zero-order chi connectivity index (χ0) is 36.8. The van der Waals surface area contributed by atoms with Gasteiger partial charge in [-0.05, 0) is 54.2 Å². The zero-order valence-electron chi connectivity index (χ0n) is 27.9. The molecule has 0 saturated carbocycles. The summed E-state index contributed by atoms with van der Waals surface area (Å²) in [4.78, 5) is 78.3. The summed E-state index contributed by atoms with van der Waals surface area (Å²) < 4.78 is 11.3. The molecule has 3 unspecified atom stereocenters. The Bertz CT molecular complexity index is 1930. The number of nitro benzene ring substituents is 1. The van der Waals surface area contributed by atoms with Gasteiger partial charge in [0, 0.05) is 18.3 Å². The number of rotatable bonds is 12. The van der Waals surface area contributed by atoms with Gasteiger partial charge in [-0.15, -0.1) is 11.8 Å². The number of nitrogens with one attached hydrogen (secondary N) is 2. The average Bonchev–Trinajstić information content (AvgIpc) is 3.17. The minimum Gasteiger partial charge on any atom is -0.449 e. The summed E-state index contributed by atoms with van der Waals surface area (Å²) in [6, 6.07) is 21.6. The van der Waals surface area contributed by atoms with Crippen LogP contribution in [0.25, 0.3) is 0 Å². The van der Waals surface area contributed by atoms with E-state index in [9.17, 15) is 34.1 Å². The number of esters is 1. The number of hydrogen-bond acceptors (Lipinski definition) is 10. The number of nitrogens with zero attached hydrogens (tertiary/aromatic N) is 2. The highest BCUT2D eigenvalue weighted by Crippen LogP contribution is 2.42. The van der Waals surface area contributed by atoms with Crippen LogP contribution in [0.2, 0.25) is 0 Å². The minimum atomic E-state index is -1.18.